The van der Waals surface area contributed by atoms with E-state index < -0.39 is 17.5 Å². The van der Waals surface area contributed by atoms with Crippen LogP contribution in [-0.2, 0) is 0 Å². The third-order valence-corrected chi connectivity index (χ3v) is 3.86. The quantitative estimate of drug-likeness (QED) is 0.862. The normalized spacial score (nSPS) is 10.3. The standard InChI is InChI=1S/C16H14F2N2O2S/c1-20(2)16(22)23-12-5-3-4-11(9-12)19-15(21)13-8-10(17)6-7-14(13)18/h3-9H,1-2H3,(H,19,21). The van der Waals surface area contributed by atoms with Gasteiger partial charge in [0.05, 0.1) is 5.56 Å². The number of thioether (sulfide) groups is 1. The van der Waals surface area contributed by atoms with Crippen molar-refractivity contribution in [2.75, 3.05) is 19.4 Å². The summed E-state index contributed by atoms with van der Waals surface area (Å²) in [6.07, 6.45) is 0. The first kappa shape index (κ1) is 17.0. The summed E-state index contributed by atoms with van der Waals surface area (Å²) >= 11 is 0.996. The lowest BCUT2D eigenvalue weighted by atomic mass is 10.2. The highest BCUT2D eigenvalue weighted by molar-refractivity contribution is 8.13. The summed E-state index contributed by atoms with van der Waals surface area (Å²) in [6, 6.07) is 9.22. The molecule has 0 aliphatic heterocycles. The zero-order valence-corrected chi connectivity index (χ0v) is 13.3. The monoisotopic (exact) mass is 336 g/mol. The molecule has 0 saturated carbocycles. The van der Waals surface area contributed by atoms with Crippen molar-refractivity contribution >= 4 is 28.6 Å². The second kappa shape index (κ2) is 7.23. The highest BCUT2D eigenvalue weighted by Crippen LogP contribution is 2.24. The van der Waals surface area contributed by atoms with Gasteiger partial charge < -0.3 is 10.2 Å². The Morgan fingerprint density at radius 1 is 1.09 bits per heavy atom. The van der Waals surface area contributed by atoms with Crippen molar-refractivity contribution < 1.29 is 18.4 Å². The number of anilines is 1. The van der Waals surface area contributed by atoms with E-state index in [4.69, 9.17) is 0 Å². The zero-order valence-electron chi connectivity index (χ0n) is 12.5. The van der Waals surface area contributed by atoms with Gasteiger partial charge in [-0.2, -0.15) is 0 Å². The predicted octanol–water partition coefficient (Wildman–Crippen LogP) is 3.99. The second-order valence-electron chi connectivity index (χ2n) is 4.87. The molecule has 0 fully saturated rings. The number of rotatable bonds is 3. The molecule has 0 aromatic heterocycles. The van der Waals surface area contributed by atoms with Gasteiger partial charge in [0.15, 0.2) is 0 Å². The SMILES string of the molecule is CN(C)C(=O)Sc1cccc(NC(=O)c2cc(F)ccc2F)c1. The van der Waals surface area contributed by atoms with E-state index in [-0.39, 0.29) is 10.8 Å². The van der Waals surface area contributed by atoms with Gasteiger partial charge >= 0.3 is 0 Å². The molecule has 2 aromatic carbocycles. The maximum atomic E-state index is 13.6. The molecule has 2 amide bonds. The van der Waals surface area contributed by atoms with E-state index in [0.29, 0.717) is 10.6 Å². The Labute approximate surface area is 136 Å². The minimum absolute atomic E-state index is 0.162. The molecule has 4 nitrogen and oxygen atoms in total. The van der Waals surface area contributed by atoms with Crippen molar-refractivity contribution in [2.45, 2.75) is 4.90 Å². The summed E-state index contributed by atoms with van der Waals surface area (Å²) < 4.78 is 26.7. The molecule has 2 aromatic rings. The Morgan fingerprint density at radius 3 is 2.52 bits per heavy atom. The lowest BCUT2D eigenvalue weighted by molar-refractivity contribution is 0.102. The Morgan fingerprint density at radius 2 is 1.83 bits per heavy atom. The fraction of sp³-hybridized carbons (Fsp3) is 0.125. The lowest BCUT2D eigenvalue weighted by Gasteiger charge is -2.10. The average Bonchev–Trinajstić information content (AvgIpc) is 2.49. The van der Waals surface area contributed by atoms with E-state index >= 15 is 0 Å². The summed E-state index contributed by atoms with van der Waals surface area (Å²) in [5, 5.41) is 2.32. The predicted molar refractivity (Wildman–Crippen MR) is 85.7 cm³/mol. The number of benzene rings is 2. The summed E-state index contributed by atoms with van der Waals surface area (Å²) in [5.41, 5.74) is 0.00245. The highest BCUT2D eigenvalue weighted by atomic mass is 32.2. The van der Waals surface area contributed by atoms with Crippen LogP contribution >= 0.6 is 11.8 Å². The molecule has 0 saturated heterocycles. The Kier molecular flexibility index (Phi) is 5.33. The van der Waals surface area contributed by atoms with Crippen LogP contribution in [0.15, 0.2) is 47.4 Å². The number of nitrogens with zero attached hydrogens (tertiary/aromatic N) is 1. The van der Waals surface area contributed by atoms with Gasteiger partial charge in [-0.1, -0.05) is 6.07 Å². The van der Waals surface area contributed by atoms with Gasteiger partial charge in [-0.05, 0) is 48.2 Å². The molecule has 0 bridgehead atoms. The second-order valence-corrected chi connectivity index (χ2v) is 5.89. The van der Waals surface area contributed by atoms with Crippen LogP contribution in [0.3, 0.4) is 0 Å². The third-order valence-electron chi connectivity index (χ3n) is 2.84. The van der Waals surface area contributed by atoms with Crippen LogP contribution in [0.25, 0.3) is 0 Å². The summed E-state index contributed by atoms with van der Waals surface area (Å²) in [6.45, 7) is 0. The van der Waals surface area contributed by atoms with Crippen LogP contribution in [0.5, 0.6) is 0 Å². The van der Waals surface area contributed by atoms with E-state index in [1.165, 1.54) is 4.90 Å². The first-order chi connectivity index (χ1) is 10.9. The molecule has 0 heterocycles. The van der Waals surface area contributed by atoms with Gasteiger partial charge in [-0.15, -0.1) is 0 Å². The molecule has 0 unspecified atom stereocenters. The Balaban J connectivity index is 2.15. The highest BCUT2D eigenvalue weighted by Gasteiger charge is 2.14. The van der Waals surface area contributed by atoms with Crippen LogP contribution in [0.1, 0.15) is 10.4 Å². The van der Waals surface area contributed by atoms with Gasteiger partial charge in [-0.3, -0.25) is 9.59 Å². The van der Waals surface area contributed by atoms with Gasteiger partial charge in [0.1, 0.15) is 11.6 Å². The molecular formula is C16H14F2N2O2S. The molecule has 1 N–H and O–H groups in total. The van der Waals surface area contributed by atoms with E-state index in [9.17, 15) is 18.4 Å². The van der Waals surface area contributed by atoms with Crippen LogP contribution in [0.4, 0.5) is 19.3 Å². The van der Waals surface area contributed by atoms with Gasteiger partial charge in [0.2, 0.25) is 0 Å². The number of nitrogens with one attached hydrogen (secondary N) is 1. The van der Waals surface area contributed by atoms with Crippen LogP contribution in [0.2, 0.25) is 0 Å². The van der Waals surface area contributed by atoms with Crippen molar-refractivity contribution in [3.8, 4) is 0 Å². The molecule has 2 rings (SSSR count). The van der Waals surface area contributed by atoms with Crippen LogP contribution in [-0.4, -0.2) is 30.1 Å². The number of amides is 2. The van der Waals surface area contributed by atoms with Crippen LogP contribution in [0, 0.1) is 11.6 Å². The Bertz CT molecular complexity index is 751. The van der Waals surface area contributed by atoms with Crippen molar-refractivity contribution in [2.24, 2.45) is 0 Å². The molecule has 7 heteroatoms. The molecule has 120 valence electrons. The van der Waals surface area contributed by atoms with Crippen molar-refractivity contribution in [1.82, 2.24) is 4.90 Å². The number of hydrogen-bond donors (Lipinski definition) is 1. The molecule has 0 aliphatic rings. The molecule has 0 spiro atoms. The van der Waals surface area contributed by atoms with Crippen molar-refractivity contribution in [3.63, 3.8) is 0 Å². The van der Waals surface area contributed by atoms with Crippen molar-refractivity contribution in [3.05, 3.63) is 59.7 Å². The zero-order chi connectivity index (χ0) is 17.0. The van der Waals surface area contributed by atoms with Crippen LogP contribution < -0.4 is 5.32 Å². The summed E-state index contributed by atoms with van der Waals surface area (Å²) in [5.74, 6) is -2.27. The fourth-order valence-corrected chi connectivity index (χ4v) is 2.42. The van der Waals surface area contributed by atoms with E-state index in [0.717, 1.165) is 30.0 Å². The van der Waals surface area contributed by atoms with Crippen molar-refractivity contribution in [1.29, 1.82) is 0 Å². The minimum Gasteiger partial charge on any atom is -0.339 e. The maximum Gasteiger partial charge on any atom is 0.285 e. The lowest BCUT2D eigenvalue weighted by Crippen LogP contribution is -2.16. The number of carbonyl (C=O) groups is 2. The largest absolute Gasteiger partial charge is 0.339 e. The number of hydrogen-bond acceptors (Lipinski definition) is 3. The van der Waals surface area contributed by atoms with Gasteiger partial charge in [0.25, 0.3) is 11.1 Å². The smallest absolute Gasteiger partial charge is 0.285 e. The third kappa shape index (κ3) is 4.53. The van der Waals surface area contributed by atoms with Gasteiger partial charge in [0, 0.05) is 24.7 Å². The number of carbonyl (C=O) groups excluding carboxylic acids is 2. The topological polar surface area (TPSA) is 49.4 Å². The molecule has 0 radical (unpaired) electrons. The first-order valence-electron chi connectivity index (χ1n) is 6.62. The van der Waals surface area contributed by atoms with E-state index in [1.54, 1.807) is 38.4 Å². The molecule has 0 atom stereocenters. The fourth-order valence-electron chi connectivity index (χ4n) is 1.70. The summed E-state index contributed by atoms with van der Waals surface area (Å²) in [7, 11) is 3.27. The summed E-state index contributed by atoms with van der Waals surface area (Å²) in [4.78, 5) is 25.7. The molecule has 0 aliphatic carbocycles. The molecular weight excluding hydrogens is 322 g/mol. The Hall–Kier alpha value is -2.41. The maximum absolute atomic E-state index is 13.6. The average molecular weight is 336 g/mol. The van der Waals surface area contributed by atoms with E-state index in [1.807, 2.05) is 0 Å². The van der Waals surface area contributed by atoms with Gasteiger partial charge in [-0.25, -0.2) is 8.78 Å². The van der Waals surface area contributed by atoms with E-state index in [2.05, 4.69) is 5.32 Å². The first-order valence-corrected chi connectivity index (χ1v) is 7.44. The minimum atomic E-state index is -0.808. The number of halogens is 2. The molecule has 23 heavy (non-hydrogen) atoms.